The molecular weight excluding hydrogens is 288 g/mol. The lowest BCUT2D eigenvalue weighted by atomic mass is 9.98. The van der Waals surface area contributed by atoms with Gasteiger partial charge in [-0.05, 0) is 25.3 Å². The van der Waals surface area contributed by atoms with Gasteiger partial charge in [-0.3, -0.25) is 4.79 Å². The zero-order valence-corrected chi connectivity index (χ0v) is 14.1. The number of morpholine rings is 1. The van der Waals surface area contributed by atoms with Crippen molar-refractivity contribution < 1.29 is 9.53 Å². The van der Waals surface area contributed by atoms with E-state index in [1.165, 1.54) is 24.0 Å². The lowest BCUT2D eigenvalue weighted by Gasteiger charge is -2.33. The Morgan fingerprint density at radius 1 is 1.35 bits per heavy atom. The number of benzene rings is 1. The van der Waals surface area contributed by atoms with Crippen molar-refractivity contribution >= 4 is 5.91 Å². The summed E-state index contributed by atoms with van der Waals surface area (Å²) in [5.41, 5.74) is 2.55. The zero-order valence-electron chi connectivity index (χ0n) is 14.1. The molecule has 0 saturated carbocycles. The summed E-state index contributed by atoms with van der Waals surface area (Å²) in [4.78, 5) is 15.0. The normalized spacial score (nSPS) is 25.9. The van der Waals surface area contributed by atoms with E-state index in [0.717, 1.165) is 32.5 Å². The first-order valence-corrected chi connectivity index (χ1v) is 8.91. The molecule has 2 aliphatic heterocycles. The van der Waals surface area contributed by atoms with E-state index in [0.29, 0.717) is 13.0 Å². The predicted molar refractivity (Wildman–Crippen MR) is 91.3 cm³/mol. The fourth-order valence-electron chi connectivity index (χ4n) is 3.71. The Morgan fingerprint density at radius 3 is 3.04 bits per heavy atom. The van der Waals surface area contributed by atoms with Gasteiger partial charge in [-0.1, -0.05) is 42.7 Å². The Labute approximate surface area is 139 Å². The number of rotatable bonds is 3. The fourth-order valence-corrected chi connectivity index (χ4v) is 3.71. The molecule has 2 aliphatic rings. The van der Waals surface area contributed by atoms with Crippen LogP contribution in [-0.2, 0) is 9.53 Å². The van der Waals surface area contributed by atoms with Crippen LogP contribution >= 0.6 is 0 Å². The average molecular weight is 316 g/mol. The third-order valence-corrected chi connectivity index (χ3v) is 4.92. The maximum absolute atomic E-state index is 12.9. The van der Waals surface area contributed by atoms with Crippen LogP contribution in [0.5, 0.6) is 0 Å². The first kappa shape index (κ1) is 16.5. The van der Waals surface area contributed by atoms with Crippen LogP contribution in [0.3, 0.4) is 0 Å². The van der Waals surface area contributed by atoms with Crippen molar-refractivity contribution in [1.82, 2.24) is 10.2 Å². The predicted octanol–water partition coefficient (Wildman–Crippen LogP) is 2.82. The van der Waals surface area contributed by atoms with Gasteiger partial charge in [0.25, 0.3) is 0 Å². The van der Waals surface area contributed by atoms with Gasteiger partial charge in [-0.2, -0.15) is 0 Å². The monoisotopic (exact) mass is 316 g/mol. The summed E-state index contributed by atoms with van der Waals surface area (Å²) in [7, 11) is 0. The number of likely N-dealkylation sites (tertiary alicyclic amines) is 1. The molecule has 3 rings (SSSR count). The lowest BCUT2D eigenvalue weighted by Crippen LogP contribution is -2.45. The minimum Gasteiger partial charge on any atom is -0.378 e. The number of nitrogens with zero attached hydrogens (tertiary/aromatic N) is 1. The highest BCUT2D eigenvalue weighted by Crippen LogP contribution is 2.31. The van der Waals surface area contributed by atoms with E-state index in [1.807, 2.05) is 0 Å². The quantitative estimate of drug-likeness (QED) is 0.932. The van der Waals surface area contributed by atoms with Crippen LogP contribution in [0.4, 0.5) is 0 Å². The van der Waals surface area contributed by atoms with Gasteiger partial charge in [0.15, 0.2) is 0 Å². The van der Waals surface area contributed by atoms with E-state index in [2.05, 4.69) is 41.4 Å². The number of carbonyl (C=O) groups excluding carboxylic acids is 1. The Hall–Kier alpha value is -1.39. The summed E-state index contributed by atoms with van der Waals surface area (Å²) >= 11 is 0. The molecule has 2 unspecified atom stereocenters. The highest BCUT2D eigenvalue weighted by atomic mass is 16.5. The number of hydrogen-bond acceptors (Lipinski definition) is 3. The Kier molecular flexibility index (Phi) is 5.68. The molecule has 2 heterocycles. The Morgan fingerprint density at radius 2 is 2.26 bits per heavy atom. The van der Waals surface area contributed by atoms with Crippen molar-refractivity contribution in [3.05, 3.63) is 35.4 Å². The number of nitrogens with one attached hydrogen (secondary N) is 1. The van der Waals surface area contributed by atoms with Crippen molar-refractivity contribution in [3.63, 3.8) is 0 Å². The Balaban J connectivity index is 1.73. The van der Waals surface area contributed by atoms with E-state index >= 15 is 0 Å². The molecular formula is C19H28N2O2. The number of aryl methyl sites for hydroxylation is 1. The van der Waals surface area contributed by atoms with E-state index in [1.54, 1.807) is 0 Å². The van der Waals surface area contributed by atoms with Crippen LogP contribution < -0.4 is 5.32 Å². The molecule has 0 aromatic heterocycles. The zero-order chi connectivity index (χ0) is 16.1. The summed E-state index contributed by atoms with van der Waals surface area (Å²) in [6, 6.07) is 9.03. The topological polar surface area (TPSA) is 41.6 Å². The third-order valence-electron chi connectivity index (χ3n) is 4.92. The Bertz CT molecular complexity index is 526. The number of ether oxygens (including phenoxy) is 1. The first-order valence-electron chi connectivity index (χ1n) is 8.91. The molecule has 126 valence electrons. The average Bonchev–Trinajstić information content (AvgIpc) is 2.82. The van der Waals surface area contributed by atoms with Crippen molar-refractivity contribution in [2.24, 2.45) is 0 Å². The van der Waals surface area contributed by atoms with Crippen LogP contribution in [0.25, 0.3) is 0 Å². The highest BCUT2D eigenvalue weighted by Gasteiger charge is 2.28. The second-order valence-electron chi connectivity index (χ2n) is 6.80. The lowest BCUT2D eigenvalue weighted by molar-refractivity contribution is -0.135. The van der Waals surface area contributed by atoms with E-state index in [4.69, 9.17) is 4.74 Å². The molecule has 4 nitrogen and oxygen atoms in total. The smallest absolute Gasteiger partial charge is 0.224 e. The summed E-state index contributed by atoms with van der Waals surface area (Å²) in [6.45, 7) is 5.24. The van der Waals surface area contributed by atoms with Gasteiger partial charge < -0.3 is 15.0 Å². The van der Waals surface area contributed by atoms with E-state index < -0.39 is 0 Å². The van der Waals surface area contributed by atoms with Gasteiger partial charge in [-0.15, -0.1) is 0 Å². The molecule has 1 aromatic carbocycles. The second-order valence-corrected chi connectivity index (χ2v) is 6.80. The molecule has 2 fully saturated rings. The van der Waals surface area contributed by atoms with Crippen LogP contribution in [0.2, 0.25) is 0 Å². The summed E-state index contributed by atoms with van der Waals surface area (Å²) in [6.07, 6.45) is 5.15. The molecule has 1 N–H and O–H groups in total. The number of amides is 1. The van der Waals surface area contributed by atoms with E-state index in [-0.39, 0.29) is 18.0 Å². The van der Waals surface area contributed by atoms with Gasteiger partial charge in [0, 0.05) is 25.6 Å². The van der Waals surface area contributed by atoms with E-state index in [9.17, 15) is 4.79 Å². The maximum Gasteiger partial charge on any atom is 0.224 e. The molecule has 1 aromatic rings. The van der Waals surface area contributed by atoms with Crippen LogP contribution in [-0.4, -0.2) is 43.2 Å². The van der Waals surface area contributed by atoms with Gasteiger partial charge in [0.1, 0.15) is 0 Å². The summed E-state index contributed by atoms with van der Waals surface area (Å²) < 4.78 is 5.49. The minimum atomic E-state index is 0.165. The first-order chi connectivity index (χ1) is 11.2. The fraction of sp³-hybridized carbons (Fsp3) is 0.632. The van der Waals surface area contributed by atoms with Gasteiger partial charge in [0.2, 0.25) is 5.91 Å². The van der Waals surface area contributed by atoms with Crippen LogP contribution in [0, 0.1) is 6.92 Å². The standard InChI is InChI=1S/C19H28N2O2/c1-15-6-5-7-16(12-15)18-8-3-2-4-10-21(18)19(22)13-17-14-23-11-9-20-17/h5-7,12,17-18,20H,2-4,8-11,13-14H2,1H3. The van der Waals surface area contributed by atoms with Crippen molar-refractivity contribution in [3.8, 4) is 0 Å². The molecule has 2 saturated heterocycles. The molecule has 0 radical (unpaired) electrons. The molecule has 1 amide bonds. The van der Waals surface area contributed by atoms with Gasteiger partial charge in [0.05, 0.1) is 19.3 Å². The van der Waals surface area contributed by atoms with Crippen molar-refractivity contribution in [2.75, 3.05) is 26.3 Å². The molecule has 0 bridgehead atoms. The van der Waals surface area contributed by atoms with Gasteiger partial charge >= 0.3 is 0 Å². The number of carbonyl (C=O) groups is 1. The van der Waals surface area contributed by atoms with Gasteiger partial charge in [-0.25, -0.2) is 0 Å². The SMILES string of the molecule is Cc1cccc(C2CCCCCN2C(=O)CC2COCCN2)c1. The highest BCUT2D eigenvalue weighted by molar-refractivity contribution is 5.77. The largest absolute Gasteiger partial charge is 0.378 e. The molecule has 2 atom stereocenters. The minimum absolute atomic E-state index is 0.165. The van der Waals surface area contributed by atoms with Crippen molar-refractivity contribution in [1.29, 1.82) is 0 Å². The van der Waals surface area contributed by atoms with Crippen LogP contribution in [0.1, 0.15) is 49.3 Å². The third kappa shape index (κ3) is 4.33. The van der Waals surface area contributed by atoms with Crippen LogP contribution in [0.15, 0.2) is 24.3 Å². The molecule has 0 aliphatic carbocycles. The summed E-state index contributed by atoms with van der Waals surface area (Å²) in [5, 5.41) is 3.40. The molecule has 4 heteroatoms. The summed E-state index contributed by atoms with van der Waals surface area (Å²) in [5.74, 6) is 0.265. The van der Waals surface area contributed by atoms with Crippen molar-refractivity contribution in [2.45, 2.75) is 51.1 Å². The molecule has 23 heavy (non-hydrogen) atoms. The molecule has 0 spiro atoms. The number of hydrogen-bond donors (Lipinski definition) is 1. The second kappa shape index (κ2) is 7.93. The maximum atomic E-state index is 12.9.